The van der Waals surface area contributed by atoms with Crippen molar-refractivity contribution >= 4 is 29.3 Å². The lowest BCUT2D eigenvalue weighted by molar-refractivity contribution is -0.120. The lowest BCUT2D eigenvalue weighted by atomic mass is 10.2. The van der Waals surface area contributed by atoms with Crippen LogP contribution >= 0.6 is 11.6 Å². The Morgan fingerprint density at radius 2 is 1.81 bits per heavy atom. The van der Waals surface area contributed by atoms with Gasteiger partial charge in [-0.1, -0.05) is 11.6 Å². The minimum Gasteiger partial charge on any atom is -0.494 e. The largest absolute Gasteiger partial charge is 0.494 e. The highest BCUT2D eigenvalue weighted by Crippen LogP contribution is 2.11. The van der Waals surface area contributed by atoms with Gasteiger partial charge in [-0.3, -0.25) is 30.2 Å². The molecule has 0 aliphatic heterocycles. The van der Waals surface area contributed by atoms with Crippen molar-refractivity contribution in [1.82, 2.24) is 21.2 Å². The van der Waals surface area contributed by atoms with Crippen LogP contribution in [0.25, 0.3) is 0 Å². The van der Waals surface area contributed by atoms with Crippen molar-refractivity contribution in [3.63, 3.8) is 0 Å². The molecule has 0 unspecified atom stereocenters. The summed E-state index contributed by atoms with van der Waals surface area (Å²) in [5.74, 6) is -1.00. The maximum atomic E-state index is 11.9. The van der Waals surface area contributed by atoms with E-state index in [4.69, 9.17) is 16.3 Å². The van der Waals surface area contributed by atoms with E-state index in [-0.39, 0.29) is 12.2 Å². The van der Waals surface area contributed by atoms with Crippen molar-refractivity contribution in [3.05, 3.63) is 58.9 Å². The van der Waals surface area contributed by atoms with Gasteiger partial charge in [-0.15, -0.1) is 0 Å². The third kappa shape index (κ3) is 5.75. The van der Waals surface area contributed by atoms with Gasteiger partial charge in [-0.05, 0) is 43.3 Å². The predicted octanol–water partition coefficient (Wildman–Crippen LogP) is 1.32. The molecule has 0 bridgehead atoms. The van der Waals surface area contributed by atoms with Gasteiger partial charge in [0.2, 0.25) is 0 Å². The van der Waals surface area contributed by atoms with Crippen LogP contribution in [0.15, 0.2) is 42.6 Å². The number of ether oxygens (including phenoxy) is 1. The number of nitrogens with one attached hydrogen (secondary N) is 3. The van der Waals surface area contributed by atoms with E-state index >= 15 is 0 Å². The van der Waals surface area contributed by atoms with Crippen LogP contribution in [-0.2, 0) is 4.79 Å². The van der Waals surface area contributed by atoms with Crippen LogP contribution < -0.4 is 20.9 Å². The Hall–Kier alpha value is -3.13. The molecule has 1 heterocycles. The van der Waals surface area contributed by atoms with Gasteiger partial charge in [-0.25, -0.2) is 0 Å². The molecular weight excluding hydrogens is 360 g/mol. The Morgan fingerprint density at radius 1 is 1.08 bits per heavy atom. The van der Waals surface area contributed by atoms with Crippen LogP contribution in [0, 0.1) is 0 Å². The third-order valence-corrected chi connectivity index (χ3v) is 3.34. The number of aromatic nitrogens is 1. The highest BCUT2D eigenvalue weighted by atomic mass is 35.5. The zero-order valence-corrected chi connectivity index (χ0v) is 14.7. The van der Waals surface area contributed by atoms with Gasteiger partial charge in [0, 0.05) is 16.8 Å². The number of hydrogen-bond acceptors (Lipinski definition) is 5. The zero-order chi connectivity index (χ0) is 18.9. The number of pyridine rings is 1. The van der Waals surface area contributed by atoms with E-state index in [9.17, 15) is 14.4 Å². The average molecular weight is 377 g/mol. The number of amides is 3. The molecule has 136 valence electrons. The summed E-state index contributed by atoms with van der Waals surface area (Å²) in [4.78, 5) is 39.3. The summed E-state index contributed by atoms with van der Waals surface area (Å²) in [5.41, 5.74) is 4.90. The molecule has 2 rings (SSSR count). The molecule has 0 spiro atoms. The summed E-state index contributed by atoms with van der Waals surface area (Å²) >= 11 is 5.77. The zero-order valence-electron chi connectivity index (χ0n) is 13.9. The van der Waals surface area contributed by atoms with Gasteiger partial charge < -0.3 is 10.1 Å². The van der Waals surface area contributed by atoms with Crippen molar-refractivity contribution in [2.24, 2.45) is 0 Å². The number of halogens is 1. The van der Waals surface area contributed by atoms with Gasteiger partial charge in [0.05, 0.1) is 13.2 Å². The Labute approximate surface area is 154 Å². The monoisotopic (exact) mass is 376 g/mol. The van der Waals surface area contributed by atoms with Gasteiger partial charge >= 0.3 is 0 Å². The molecule has 0 fully saturated rings. The molecule has 0 aliphatic rings. The highest BCUT2D eigenvalue weighted by Gasteiger charge is 2.11. The Bertz CT molecular complexity index is 796. The maximum Gasteiger partial charge on any atom is 0.270 e. The second kappa shape index (κ2) is 9.38. The maximum absolute atomic E-state index is 11.9. The molecule has 0 aliphatic carbocycles. The van der Waals surface area contributed by atoms with Gasteiger partial charge in [0.1, 0.15) is 11.4 Å². The van der Waals surface area contributed by atoms with E-state index in [2.05, 4.69) is 21.2 Å². The third-order valence-electron chi connectivity index (χ3n) is 3.11. The first kappa shape index (κ1) is 19.2. The first-order chi connectivity index (χ1) is 12.5. The fourth-order valence-electron chi connectivity index (χ4n) is 1.89. The second-order valence-corrected chi connectivity index (χ2v) is 5.44. The fraction of sp³-hybridized carbons (Fsp3) is 0.176. The second-order valence-electron chi connectivity index (χ2n) is 5.00. The van der Waals surface area contributed by atoms with Crippen molar-refractivity contribution in [2.75, 3.05) is 13.2 Å². The molecule has 0 saturated heterocycles. The lowest BCUT2D eigenvalue weighted by Crippen LogP contribution is -2.46. The van der Waals surface area contributed by atoms with Crippen LogP contribution in [0.1, 0.15) is 27.8 Å². The molecule has 3 N–H and O–H groups in total. The number of hydrazine groups is 1. The smallest absolute Gasteiger partial charge is 0.270 e. The molecule has 0 saturated carbocycles. The quantitative estimate of drug-likeness (QED) is 0.659. The SMILES string of the molecule is CCOc1ccc(C(=O)NNC(=O)CNC(=O)c2cc(Cl)ccn2)cc1. The molecule has 1 aromatic heterocycles. The van der Waals surface area contributed by atoms with Gasteiger partial charge in [-0.2, -0.15) is 0 Å². The molecule has 8 nitrogen and oxygen atoms in total. The van der Waals surface area contributed by atoms with Crippen molar-refractivity contribution < 1.29 is 19.1 Å². The number of hydrogen-bond donors (Lipinski definition) is 3. The average Bonchev–Trinajstić information content (AvgIpc) is 2.65. The Balaban J connectivity index is 1.77. The number of carbonyl (C=O) groups is 3. The van der Waals surface area contributed by atoms with Crippen molar-refractivity contribution in [1.29, 1.82) is 0 Å². The summed E-state index contributed by atoms with van der Waals surface area (Å²) in [6.45, 7) is 2.05. The first-order valence-corrected chi connectivity index (χ1v) is 8.09. The molecule has 3 amide bonds. The minimum atomic E-state index is -0.598. The summed E-state index contributed by atoms with van der Waals surface area (Å²) < 4.78 is 5.28. The van der Waals surface area contributed by atoms with Crippen LogP contribution in [0.5, 0.6) is 5.75 Å². The Morgan fingerprint density at radius 3 is 2.46 bits per heavy atom. The van der Waals surface area contributed by atoms with E-state index in [0.717, 1.165) is 0 Å². The molecular formula is C17H17ClN4O4. The number of rotatable bonds is 6. The summed E-state index contributed by atoms with van der Waals surface area (Å²) in [6, 6.07) is 9.35. The highest BCUT2D eigenvalue weighted by molar-refractivity contribution is 6.30. The van der Waals surface area contributed by atoms with E-state index in [1.165, 1.54) is 18.3 Å². The number of benzene rings is 1. The van der Waals surface area contributed by atoms with Gasteiger partial charge in [0.15, 0.2) is 0 Å². The predicted molar refractivity (Wildman–Crippen MR) is 94.8 cm³/mol. The van der Waals surface area contributed by atoms with Crippen LogP contribution in [0.3, 0.4) is 0 Å². The molecule has 1 aromatic carbocycles. The topological polar surface area (TPSA) is 109 Å². The van der Waals surface area contributed by atoms with E-state index in [1.54, 1.807) is 24.3 Å². The first-order valence-electron chi connectivity index (χ1n) is 7.71. The van der Waals surface area contributed by atoms with Crippen LogP contribution in [0.2, 0.25) is 5.02 Å². The van der Waals surface area contributed by atoms with E-state index < -0.39 is 17.7 Å². The number of nitrogens with zero attached hydrogens (tertiary/aromatic N) is 1. The molecule has 26 heavy (non-hydrogen) atoms. The fourth-order valence-corrected chi connectivity index (χ4v) is 2.05. The van der Waals surface area contributed by atoms with Crippen LogP contribution in [0.4, 0.5) is 0 Å². The summed E-state index contributed by atoms with van der Waals surface area (Å²) in [6.07, 6.45) is 1.38. The van der Waals surface area contributed by atoms with Crippen LogP contribution in [-0.4, -0.2) is 35.9 Å². The summed E-state index contributed by atoms with van der Waals surface area (Å²) in [7, 11) is 0. The van der Waals surface area contributed by atoms with Crippen molar-refractivity contribution in [2.45, 2.75) is 6.92 Å². The summed E-state index contributed by atoms with van der Waals surface area (Å²) in [5, 5.41) is 2.73. The lowest BCUT2D eigenvalue weighted by Gasteiger charge is -2.09. The molecule has 0 atom stereocenters. The normalized spacial score (nSPS) is 9.92. The van der Waals surface area contributed by atoms with Gasteiger partial charge in [0.25, 0.3) is 17.7 Å². The molecule has 2 aromatic rings. The molecule has 9 heteroatoms. The number of carbonyl (C=O) groups excluding carboxylic acids is 3. The Kier molecular flexibility index (Phi) is 6.92. The van der Waals surface area contributed by atoms with E-state index in [1.807, 2.05) is 6.92 Å². The van der Waals surface area contributed by atoms with E-state index in [0.29, 0.717) is 22.9 Å². The van der Waals surface area contributed by atoms with Crippen molar-refractivity contribution in [3.8, 4) is 5.75 Å². The minimum absolute atomic E-state index is 0.0868. The molecule has 0 radical (unpaired) electrons. The standard InChI is InChI=1S/C17H17ClN4O4/c1-2-26-13-5-3-11(4-6-13)16(24)22-21-15(23)10-20-17(25)14-9-12(18)7-8-19-14/h3-9H,2,10H2,1H3,(H,20,25)(H,21,23)(H,22,24).